The number of carbonyl (C=O) groups excluding carboxylic acids is 1. The average molecular weight is 369 g/mol. The molecule has 1 aliphatic carbocycles. The van der Waals surface area contributed by atoms with Gasteiger partial charge in [-0.2, -0.15) is 5.10 Å². The maximum Gasteiger partial charge on any atom is 0.333 e. The third kappa shape index (κ3) is 4.02. The predicted molar refractivity (Wildman–Crippen MR) is 99.5 cm³/mol. The van der Waals surface area contributed by atoms with Crippen molar-refractivity contribution in [1.82, 2.24) is 15.1 Å². The van der Waals surface area contributed by atoms with Gasteiger partial charge in [-0.25, -0.2) is 9.48 Å². The van der Waals surface area contributed by atoms with Gasteiger partial charge in [-0.15, -0.1) is 0 Å². The standard InChI is InChI=1S/C20H23N3O4/c1-12(19(25)22-18-5-3-4-17(18)20(26)27)10-14-11-21-23(13(14)2)15-6-8-16(24)9-7-15/h6-9,11-12,24H,3-5,10H2,1-2H3,(H,22,25)(H,26,27)/t12-/m1/s1. The molecule has 0 saturated heterocycles. The normalized spacial score (nSPS) is 15.0. The lowest BCUT2D eigenvalue weighted by Crippen LogP contribution is -2.30. The number of phenols is 1. The highest BCUT2D eigenvalue weighted by Crippen LogP contribution is 2.25. The minimum atomic E-state index is -0.957. The second-order valence-electron chi connectivity index (χ2n) is 6.89. The molecule has 0 spiro atoms. The Hall–Kier alpha value is -3.09. The second kappa shape index (κ2) is 7.65. The molecule has 0 radical (unpaired) electrons. The average Bonchev–Trinajstić information content (AvgIpc) is 3.23. The van der Waals surface area contributed by atoms with Crippen LogP contribution < -0.4 is 5.32 Å². The van der Waals surface area contributed by atoms with Crippen molar-refractivity contribution >= 4 is 11.9 Å². The fraction of sp³-hybridized carbons (Fsp3) is 0.350. The van der Waals surface area contributed by atoms with Crippen LogP contribution in [0.1, 0.15) is 37.4 Å². The van der Waals surface area contributed by atoms with Crippen LogP contribution in [0.5, 0.6) is 5.75 Å². The minimum Gasteiger partial charge on any atom is -0.508 e. The van der Waals surface area contributed by atoms with E-state index in [1.807, 2.05) is 13.8 Å². The number of aliphatic carboxylic acids is 1. The van der Waals surface area contributed by atoms with Gasteiger partial charge in [0, 0.05) is 17.3 Å². The molecule has 0 fully saturated rings. The van der Waals surface area contributed by atoms with Crippen LogP contribution in [-0.2, 0) is 16.0 Å². The Bertz CT molecular complexity index is 896. The third-order valence-corrected chi connectivity index (χ3v) is 4.93. The largest absolute Gasteiger partial charge is 0.508 e. The van der Waals surface area contributed by atoms with Crippen molar-refractivity contribution in [2.45, 2.75) is 39.5 Å². The zero-order chi connectivity index (χ0) is 19.6. The van der Waals surface area contributed by atoms with Crippen LogP contribution in [0.3, 0.4) is 0 Å². The van der Waals surface area contributed by atoms with Crippen LogP contribution in [0.25, 0.3) is 5.69 Å². The second-order valence-corrected chi connectivity index (χ2v) is 6.89. The lowest BCUT2D eigenvalue weighted by Gasteiger charge is -2.14. The summed E-state index contributed by atoms with van der Waals surface area (Å²) in [7, 11) is 0. The molecule has 1 atom stereocenters. The van der Waals surface area contributed by atoms with E-state index in [1.54, 1.807) is 35.1 Å². The van der Waals surface area contributed by atoms with Crippen LogP contribution >= 0.6 is 0 Å². The summed E-state index contributed by atoms with van der Waals surface area (Å²) in [6.07, 6.45) is 4.09. The van der Waals surface area contributed by atoms with Crippen molar-refractivity contribution in [2.75, 3.05) is 0 Å². The highest BCUT2D eigenvalue weighted by Gasteiger charge is 2.24. The van der Waals surface area contributed by atoms with Crippen molar-refractivity contribution in [2.24, 2.45) is 5.92 Å². The number of hydrogen-bond acceptors (Lipinski definition) is 4. The molecule has 142 valence electrons. The first-order chi connectivity index (χ1) is 12.9. The van der Waals surface area contributed by atoms with Gasteiger partial charge in [0.25, 0.3) is 0 Å². The lowest BCUT2D eigenvalue weighted by atomic mass is 10.0. The summed E-state index contributed by atoms with van der Waals surface area (Å²) < 4.78 is 1.77. The number of aromatic hydroxyl groups is 1. The molecule has 0 unspecified atom stereocenters. The van der Waals surface area contributed by atoms with Crippen LogP contribution in [0, 0.1) is 12.8 Å². The summed E-state index contributed by atoms with van der Waals surface area (Å²) in [5.74, 6) is -1.26. The van der Waals surface area contributed by atoms with Crippen molar-refractivity contribution in [3.05, 3.63) is 53.0 Å². The number of amides is 1. The number of aromatic nitrogens is 2. The number of nitrogens with zero attached hydrogens (tertiary/aromatic N) is 2. The number of phenolic OH excluding ortho intramolecular Hbond substituents is 1. The highest BCUT2D eigenvalue weighted by molar-refractivity contribution is 5.90. The third-order valence-electron chi connectivity index (χ3n) is 4.93. The molecule has 1 aromatic carbocycles. The van der Waals surface area contributed by atoms with Gasteiger partial charge in [-0.05, 0) is 62.4 Å². The van der Waals surface area contributed by atoms with Gasteiger partial charge < -0.3 is 15.5 Å². The van der Waals surface area contributed by atoms with E-state index in [0.717, 1.165) is 23.4 Å². The first kappa shape index (κ1) is 18.7. The molecular weight excluding hydrogens is 346 g/mol. The first-order valence-electron chi connectivity index (χ1n) is 8.96. The molecule has 2 aromatic rings. The highest BCUT2D eigenvalue weighted by atomic mass is 16.4. The zero-order valence-corrected chi connectivity index (χ0v) is 15.4. The maximum atomic E-state index is 12.5. The van der Waals surface area contributed by atoms with E-state index in [4.69, 9.17) is 0 Å². The molecular formula is C20H23N3O4. The Morgan fingerprint density at radius 2 is 1.96 bits per heavy atom. The molecule has 1 amide bonds. The molecule has 0 aliphatic heterocycles. The fourth-order valence-corrected chi connectivity index (χ4v) is 3.31. The van der Waals surface area contributed by atoms with Gasteiger partial charge in [0.1, 0.15) is 5.75 Å². The van der Waals surface area contributed by atoms with Crippen LogP contribution in [0.4, 0.5) is 0 Å². The molecule has 3 N–H and O–H groups in total. The van der Waals surface area contributed by atoms with Gasteiger partial charge in [0.2, 0.25) is 5.91 Å². The number of carboxylic acid groups (broad SMARTS) is 1. The van der Waals surface area contributed by atoms with E-state index < -0.39 is 5.97 Å². The summed E-state index contributed by atoms with van der Waals surface area (Å²) in [4.78, 5) is 23.7. The van der Waals surface area contributed by atoms with Crippen molar-refractivity contribution in [3.63, 3.8) is 0 Å². The Morgan fingerprint density at radius 1 is 1.26 bits per heavy atom. The van der Waals surface area contributed by atoms with E-state index >= 15 is 0 Å². The Kier molecular flexibility index (Phi) is 5.30. The molecule has 1 aromatic heterocycles. The summed E-state index contributed by atoms with van der Waals surface area (Å²) in [6.45, 7) is 3.75. The lowest BCUT2D eigenvalue weighted by molar-refractivity contribution is -0.132. The summed E-state index contributed by atoms with van der Waals surface area (Å²) in [5.41, 5.74) is 3.55. The van der Waals surface area contributed by atoms with E-state index in [2.05, 4.69) is 10.4 Å². The quantitative estimate of drug-likeness (QED) is 0.726. The molecule has 0 saturated carbocycles. The SMILES string of the molecule is Cc1c(C[C@@H](C)C(=O)NC2=C(C(=O)O)CCC2)cnn1-c1ccc(O)cc1. The molecule has 1 aliphatic rings. The zero-order valence-electron chi connectivity index (χ0n) is 15.4. The van der Waals surface area contributed by atoms with Crippen molar-refractivity contribution in [3.8, 4) is 11.4 Å². The van der Waals surface area contributed by atoms with Crippen molar-refractivity contribution in [1.29, 1.82) is 0 Å². The Labute approximate surface area is 157 Å². The molecule has 7 heteroatoms. The van der Waals surface area contributed by atoms with Crippen LogP contribution in [-0.4, -0.2) is 31.9 Å². The molecule has 3 rings (SSSR count). The Morgan fingerprint density at radius 3 is 2.63 bits per heavy atom. The number of benzene rings is 1. The van der Waals surface area contributed by atoms with Gasteiger partial charge >= 0.3 is 5.97 Å². The number of nitrogens with one attached hydrogen (secondary N) is 1. The molecule has 7 nitrogen and oxygen atoms in total. The van der Waals surface area contributed by atoms with Gasteiger partial charge in [-0.3, -0.25) is 4.79 Å². The summed E-state index contributed by atoms with van der Waals surface area (Å²) in [5, 5.41) is 25.8. The number of hydrogen-bond donors (Lipinski definition) is 3. The van der Waals surface area contributed by atoms with Crippen molar-refractivity contribution < 1.29 is 19.8 Å². The van der Waals surface area contributed by atoms with Crippen LogP contribution in [0.15, 0.2) is 41.7 Å². The number of carboxylic acids is 1. The van der Waals surface area contributed by atoms with E-state index in [-0.39, 0.29) is 17.6 Å². The number of allylic oxidation sites excluding steroid dienone is 1. The monoisotopic (exact) mass is 369 g/mol. The van der Waals surface area contributed by atoms with Gasteiger partial charge in [0.15, 0.2) is 0 Å². The maximum absolute atomic E-state index is 12.5. The van der Waals surface area contributed by atoms with E-state index in [1.165, 1.54) is 0 Å². The van der Waals surface area contributed by atoms with E-state index in [0.29, 0.717) is 30.5 Å². The number of carbonyl (C=O) groups is 2. The smallest absolute Gasteiger partial charge is 0.333 e. The molecule has 27 heavy (non-hydrogen) atoms. The molecule has 0 bridgehead atoms. The van der Waals surface area contributed by atoms with Gasteiger partial charge in [-0.1, -0.05) is 6.92 Å². The molecule has 1 heterocycles. The Balaban J connectivity index is 1.70. The summed E-state index contributed by atoms with van der Waals surface area (Å²) in [6, 6.07) is 6.74. The van der Waals surface area contributed by atoms with E-state index in [9.17, 15) is 19.8 Å². The van der Waals surface area contributed by atoms with Crippen LogP contribution in [0.2, 0.25) is 0 Å². The van der Waals surface area contributed by atoms with Gasteiger partial charge in [0.05, 0.1) is 17.5 Å². The number of rotatable bonds is 6. The topological polar surface area (TPSA) is 104 Å². The predicted octanol–water partition coefficient (Wildman–Crippen LogP) is 2.70. The first-order valence-corrected chi connectivity index (χ1v) is 8.96. The minimum absolute atomic E-state index is 0.178. The summed E-state index contributed by atoms with van der Waals surface area (Å²) >= 11 is 0. The fourth-order valence-electron chi connectivity index (χ4n) is 3.31.